The molecule has 1 aliphatic rings. The average Bonchev–Trinajstić information content (AvgIpc) is 2.94. The first-order valence-corrected chi connectivity index (χ1v) is 5.74. The molecule has 88 valence electrons. The van der Waals surface area contributed by atoms with Crippen LogP contribution < -0.4 is 5.32 Å². The minimum atomic E-state index is -0.117. The lowest BCUT2D eigenvalue weighted by Gasteiger charge is -2.23. The number of aliphatic hydroxyl groups excluding tert-OH is 1. The molecule has 0 aromatic heterocycles. The van der Waals surface area contributed by atoms with Crippen molar-refractivity contribution in [3.05, 3.63) is 0 Å². The number of nitrogens with one attached hydrogen (secondary N) is 1. The van der Waals surface area contributed by atoms with Gasteiger partial charge in [-0.2, -0.15) is 0 Å². The molecule has 1 rings (SSSR count). The van der Waals surface area contributed by atoms with Crippen LogP contribution in [0.1, 0.15) is 33.1 Å². The number of urea groups is 1. The number of hydrogen-bond acceptors (Lipinski definition) is 2. The van der Waals surface area contributed by atoms with Crippen molar-refractivity contribution < 1.29 is 9.90 Å². The van der Waals surface area contributed by atoms with E-state index in [4.69, 9.17) is 5.11 Å². The molecule has 2 amide bonds. The summed E-state index contributed by atoms with van der Waals surface area (Å²) in [6.45, 7) is 4.00. The molecule has 0 radical (unpaired) electrons. The van der Waals surface area contributed by atoms with Gasteiger partial charge in [-0.05, 0) is 25.7 Å². The Morgan fingerprint density at radius 3 is 2.87 bits per heavy atom. The summed E-state index contributed by atoms with van der Waals surface area (Å²) in [4.78, 5) is 13.2. The van der Waals surface area contributed by atoms with Gasteiger partial charge in [-0.3, -0.25) is 0 Å². The van der Waals surface area contributed by atoms with Gasteiger partial charge in [0.05, 0.1) is 12.6 Å². The highest BCUT2D eigenvalue weighted by Gasteiger charge is 2.37. The summed E-state index contributed by atoms with van der Waals surface area (Å²) in [7, 11) is 1.72. The maximum Gasteiger partial charge on any atom is 0.317 e. The Morgan fingerprint density at radius 2 is 2.33 bits per heavy atom. The van der Waals surface area contributed by atoms with E-state index in [1.165, 1.54) is 12.8 Å². The van der Waals surface area contributed by atoms with Crippen molar-refractivity contribution in [2.24, 2.45) is 5.92 Å². The molecule has 0 aliphatic heterocycles. The summed E-state index contributed by atoms with van der Waals surface area (Å²) < 4.78 is 0. The van der Waals surface area contributed by atoms with Gasteiger partial charge in [0.25, 0.3) is 0 Å². The number of likely N-dealkylation sites (N-methyl/N-ethyl adjacent to an activating group) is 1. The van der Waals surface area contributed by atoms with Gasteiger partial charge < -0.3 is 15.3 Å². The molecule has 15 heavy (non-hydrogen) atoms. The largest absolute Gasteiger partial charge is 0.394 e. The predicted molar refractivity (Wildman–Crippen MR) is 59.6 cm³/mol. The van der Waals surface area contributed by atoms with Gasteiger partial charge >= 0.3 is 6.03 Å². The topological polar surface area (TPSA) is 52.6 Å². The second-order valence-electron chi connectivity index (χ2n) is 4.48. The highest BCUT2D eigenvalue weighted by atomic mass is 16.3. The van der Waals surface area contributed by atoms with E-state index in [-0.39, 0.29) is 18.7 Å². The molecule has 1 saturated carbocycles. The number of aliphatic hydroxyl groups is 1. The third-order valence-corrected chi connectivity index (χ3v) is 3.14. The molecule has 4 heteroatoms. The van der Waals surface area contributed by atoms with Gasteiger partial charge in [0, 0.05) is 13.1 Å². The summed E-state index contributed by atoms with van der Waals surface area (Å²) in [5.41, 5.74) is 0. The Balaban J connectivity index is 2.25. The molecule has 0 heterocycles. The minimum absolute atomic E-state index is 0.00692. The molecular formula is C11H22N2O2. The van der Waals surface area contributed by atoms with Gasteiger partial charge in [-0.1, -0.05) is 13.3 Å². The molecule has 0 bridgehead atoms. The third-order valence-electron chi connectivity index (χ3n) is 3.14. The highest BCUT2D eigenvalue weighted by Crippen LogP contribution is 2.34. The second-order valence-corrected chi connectivity index (χ2v) is 4.48. The van der Waals surface area contributed by atoms with Gasteiger partial charge in [0.2, 0.25) is 0 Å². The van der Waals surface area contributed by atoms with E-state index in [1.807, 2.05) is 6.92 Å². The quantitative estimate of drug-likeness (QED) is 0.722. The normalized spacial score (nSPS) is 25.9. The third kappa shape index (κ3) is 3.38. The van der Waals surface area contributed by atoms with E-state index in [0.717, 1.165) is 6.42 Å². The van der Waals surface area contributed by atoms with Crippen molar-refractivity contribution in [3.63, 3.8) is 0 Å². The molecule has 2 N–H and O–H groups in total. The van der Waals surface area contributed by atoms with Crippen LogP contribution in [-0.4, -0.2) is 41.8 Å². The summed E-state index contributed by atoms with van der Waals surface area (Å²) in [5.74, 6) is 0.678. The van der Waals surface area contributed by atoms with Crippen LogP contribution in [0.25, 0.3) is 0 Å². The first kappa shape index (κ1) is 12.3. The molecule has 3 unspecified atom stereocenters. The fourth-order valence-electron chi connectivity index (χ4n) is 1.70. The molecule has 0 aromatic rings. The van der Waals surface area contributed by atoms with Crippen LogP contribution in [0.2, 0.25) is 0 Å². The average molecular weight is 214 g/mol. The highest BCUT2D eigenvalue weighted by molar-refractivity contribution is 5.75. The maximum absolute atomic E-state index is 11.6. The number of rotatable bonds is 5. The Labute approximate surface area is 91.6 Å². The zero-order valence-corrected chi connectivity index (χ0v) is 9.86. The molecule has 3 atom stereocenters. The fourth-order valence-corrected chi connectivity index (χ4v) is 1.70. The van der Waals surface area contributed by atoms with Crippen molar-refractivity contribution in [1.82, 2.24) is 10.2 Å². The van der Waals surface area contributed by atoms with Crippen LogP contribution in [0.5, 0.6) is 0 Å². The smallest absolute Gasteiger partial charge is 0.317 e. The molecule has 4 nitrogen and oxygen atoms in total. The van der Waals surface area contributed by atoms with Crippen LogP contribution in [0.15, 0.2) is 0 Å². The molecule has 0 saturated heterocycles. The number of amides is 2. The molecule has 0 spiro atoms. The number of carbonyl (C=O) groups excluding carboxylic acids is 1. The van der Waals surface area contributed by atoms with E-state index in [0.29, 0.717) is 12.0 Å². The Bertz CT molecular complexity index is 221. The summed E-state index contributed by atoms with van der Waals surface area (Å²) in [6.07, 6.45) is 3.49. The maximum atomic E-state index is 11.6. The predicted octanol–water partition coefficient (Wildman–Crippen LogP) is 1.20. The SMILES string of the molecule is CCCC1CC1NC(=O)N(C)C(C)CO. The Morgan fingerprint density at radius 1 is 1.67 bits per heavy atom. The van der Waals surface area contributed by atoms with E-state index in [9.17, 15) is 4.79 Å². The monoisotopic (exact) mass is 214 g/mol. The lowest BCUT2D eigenvalue weighted by molar-refractivity contribution is 0.156. The van der Waals surface area contributed by atoms with E-state index in [2.05, 4.69) is 12.2 Å². The summed E-state index contributed by atoms with van der Waals surface area (Å²) in [6, 6.07) is 0.180. The van der Waals surface area contributed by atoms with Crippen LogP contribution in [-0.2, 0) is 0 Å². The number of carbonyl (C=O) groups is 1. The fraction of sp³-hybridized carbons (Fsp3) is 0.909. The van der Waals surface area contributed by atoms with Crippen molar-refractivity contribution in [1.29, 1.82) is 0 Å². The second kappa shape index (κ2) is 5.35. The first-order valence-electron chi connectivity index (χ1n) is 5.74. The molecule has 1 aliphatic carbocycles. The van der Waals surface area contributed by atoms with E-state index >= 15 is 0 Å². The summed E-state index contributed by atoms with van der Waals surface area (Å²) >= 11 is 0. The van der Waals surface area contributed by atoms with Gasteiger partial charge in [0.15, 0.2) is 0 Å². The zero-order chi connectivity index (χ0) is 11.4. The zero-order valence-electron chi connectivity index (χ0n) is 9.86. The summed E-state index contributed by atoms with van der Waals surface area (Å²) in [5, 5.41) is 11.9. The minimum Gasteiger partial charge on any atom is -0.394 e. The lowest BCUT2D eigenvalue weighted by Crippen LogP contribution is -2.44. The molecule has 0 aromatic carbocycles. The van der Waals surface area contributed by atoms with Crippen LogP contribution in [0.3, 0.4) is 0 Å². The van der Waals surface area contributed by atoms with Crippen molar-refractivity contribution in [2.75, 3.05) is 13.7 Å². The van der Waals surface area contributed by atoms with Crippen LogP contribution in [0.4, 0.5) is 4.79 Å². The number of hydrogen-bond donors (Lipinski definition) is 2. The van der Waals surface area contributed by atoms with Crippen LogP contribution in [0, 0.1) is 5.92 Å². The van der Waals surface area contributed by atoms with Crippen LogP contribution >= 0.6 is 0 Å². The molecule has 1 fully saturated rings. The van der Waals surface area contributed by atoms with Crippen molar-refractivity contribution in [3.8, 4) is 0 Å². The van der Waals surface area contributed by atoms with Crippen molar-refractivity contribution in [2.45, 2.75) is 45.2 Å². The van der Waals surface area contributed by atoms with Crippen molar-refractivity contribution >= 4 is 6.03 Å². The standard InChI is InChI=1S/C11H22N2O2/c1-4-5-9-6-10(9)12-11(15)13(3)8(2)7-14/h8-10,14H,4-7H2,1-3H3,(H,12,15). The van der Waals surface area contributed by atoms with E-state index < -0.39 is 0 Å². The Hall–Kier alpha value is -0.770. The Kier molecular flexibility index (Phi) is 4.39. The number of nitrogens with zero attached hydrogens (tertiary/aromatic N) is 1. The lowest BCUT2D eigenvalue weighted by atomic mass is 10.2. The van der Waals surface area contributed by atoms with Gasteiger partial charge in [-0.15, -0.1) is 0 Å². The first-order chi connectivity index (χ1) is 7.10. The van der Waals surface area contributed by atoms with E-state index in [1.54, 1.807) is 11.9 Å². The van der Waals surface area contributed by atoms with Gasteiger partial charge in [0.1, 0.15) is 0 Å². The molecular weight excluding hydrogens is 192 g/mol. The van der Waals surface area contributed by atoms with Gasteiger partial charge in [-0.25, -0.2) is 4.79 Å².